The van der Waals surface area contributed by atoms with Gasteiger partial charge in [0, 0.05) is 35.9 Å². The minimum absolute atomic E-state index is 0.106. The highest BCUT2D eigenvalue weighted by molar-refractivity contribution is 7.10. The fourth-order valence-corrected chi connectivity index (χ4v) is 4.68. The van der Waals surface area contributed by atoms with Crippen LogP contribution in [0.3, 0.4) is 0 Å². The largest absolute Gasteiger partial charge is 0.507 e. The maximum absolute atomic E-state index is 13.0. The third-order valence-corrected chi connectivity index (χ3v) is 6.30. The number of rotatable bonds is 6. The molecule has 4 rings (SSSR count). The molecule has 30 heavy (non-hydrogen) atoms. The van der Waals surface area contributed by atoms with E-state index in [0.29, 0.717) is 25.1 Å². The molecule has 154 valence electrons. The Morgan fingerprint density at radius 2 is 2.03 bits per heavy atom. The first kappa shape index (κ1) is 20.1. The summed E-state index contributed by atoms with van der Waals surface area (Å²) in [5, 5.41) is 13.1. The summed E-state index contributed by atoms with van der Waals surface area (Å²) in [6.45, 7) is 4.92. The van der Waals surface area contributed by atoms with Crippen molar-refractivity contribution in [1.29, 1.82) is 0 Å². The van der Waals surface area contributed by atoms with Crippen molar-refractivity contribution in [3.05, 3.63) is 81.6 Å². The highest BCUT2D eigenvalue weighted by atomic mass is 32.1. The number of aliphatic hydroxyl groups is 1. The van der Waals surface area contributed by atoms with Crippen LogP contribution in [-0.4, -0.2) is 37.8 Å². The van der Waals surface area contributed by atoms with Gasteiger partial charge in [0.05, 0.1) is 17.9 Å². The van der Waals surface area contributed by atoms with E-state index in [1.807, 2.05) is 60.3 Å². The minimum Gasteiger partial charge on any atom is -0.507 e. The van der Waals surface area contributed by atoms with E-state index < -0.39 is 17.7 Å². The number of nitrogens with zero attached hydrogens (tertiary/aromatic N) is 3. The number of Topliss-reactive ketones (excluding diaryl/α,β-unsaturated/α-hetero) is 1. The maximum atomic E-state index is 13.0. The Hall–Kier alpha value is -3.19. The van der Waals surface area contributed by atoms with Crippen LogP contribution in [0, 0.1) is 13.8 Å². The number of aryl methyl sites for hydroxylation is 3. The van der Waals surface area contributed by atoms with E-state index >= 15 is 0 Å². The van der Waals surface area contributed by atoms with Gasteiger partial charge in [-0.25, -0.2) is 4.98 Å². The number of ketones is 1. The Labute approximate surface area is 179 Å². The Bertz CT molecular complexity index is 1100. The quantitative estimate of drug-likeness (QED) is 0.370. The molecule has 0 spiro atoms. The van der Waals surface area contributed by atoms with Crippen molar-refractivity contribution in [3.63, 3.8) is 0 Å². The Morgan fingerprint density at radius 1 is 1.20 bits per heavy atom. The predicted octanol–water partition coefficient (Wildman–Crippen LogP) is 4.07. The number of amides is 1. The molecule has 3 heterocycles. The summed E-state index contributed by atoms with van der Waals surface area (Å²) in [6.07, 6.45) is 5.98. The second-order valence-electron chi connectivity index (χ2n) is 7.48. The molecule has 1 amide bonds. The fraction of sp³-hybridized carbons (Fsp3) is 0.261. The molecule has 1 N–H and O–H groups in total. The highest BCUT2D eigenvalue weighted by Crippen LogP contribution is 2.41. The number of benzene rings is 1. The van der Waals surface area contributed by atoms with Gasteiger partial charge in [-0.1, -0.05) is 23.8 Å². The lowest BCUT2D eigenvalue weighted by Crippen LogP contribution is -2.31. The van der Waals surface area contributed by atoms with Gasteiger partial charge in [0.1, 0.15) is 5.76 Å². The summed E-state index contributed by atoms with van der Waals surface area (Å²) in [5.74, 6) is -1.30. The van der Waals surface area contributed by atoms with Gasteiger partial charge in [0.25, 0.3) is 11.7 Å². The normalized spacial score (nSPS) is 18.3. The van der Waals surface area contributed by atoms with Crippen LogP contribution in [-0.2, 0) is 16.1 Å². The molecule has 6 nitrogen and oxygen atoms in total. The first-order valence-corrected chi connectivity index (χ1v) is 10.7. The van der Waals surface area contributed by atoms with Crippen LogP contribution in [0.1, 0.15) is 34.0 Å². The molecular formula is C23H23N3O3S. The molecule has 0 radical (unpaired) electrons. The number of aliphatic hydroxyl groups excluding tert-OH is 1. The van der Waals surface area contributed by atoms with E-state index in [-0.39, 0.29) is 11.3 Å². The first-order chi connectivity index (χ1) is 14.5. The standard InChI is InChI=1S/C23H23N3O3S/c1-15-6-7-16(2)17(13-15)21(27)19-20(18-5-3-12-30-18)26(23(29)22(19)28)10-4-9-25-11-8-24-14-25/h3,5-8,11-14,20,27H,4,9-10H2,1-2H3/t20-/m1/s1. The van der Waals surface area contributed by atoms with Crippen molar-refractivity contribution in [1.82, 2.24) is 14.5 Å². The molecule has 1 aliphatic rings. The third kappa shape index (κ3) is 3.68. The lowest BCUT2D eigenvalue weighted by Gasteiger charge is -2.24. The van der Waals surface area contributed by atoms with Gasteiger partial charge in [-0.05, 0) is 43.3 Å². The van der Waals surface area contributed by atoms with E-state index in [0.717, 1.165) is 16.0 Å². The van der Waals surface area contributed by atoms with E-state index in [1.54, 1.807) is 17.4 Å². The second-order valence-corrected chi connectivity index (χ2v) is 8.46. The molecule has 1 saturated heterocycles. The smallest absolute Gasteiger partial charge is 0.295 e. The first-order valence-electron chi connectivity index (χ1n) is 9.82. The van der Waals surface area contributed by atoms with Crippen LogP contribution in [0.15, 0.2) is 60.0 Å². The molecule has 1 aliphatic heterocycles. The zero-order valence-electron chi connectivity index (χ0n) is 16.9. The number of aromatic nitrogens is 2. The van der Waals surface area contributed by atoms with Crippen LogP contribution < -0.4 is 0 Å². The average molecular weight is 422 g/mol. The minimum atomic E-state index is -0.630. The average Bonchev–Trinajstić information content (AvgIpc) is 3.47. The Balaban J connectivity index is 1.73. The second kappa shape index (κ2) is 8.28. The fourth-order valence-electron chi connectivity index (χ4n) is 3.83. The van der Waals surface area contributed by atoms with Crippen molar-refractivity contribution in [2.75, 3.05) is 6.54 Å². The summed E-state index contributed by atoms with van der Waals surface area (Å²) < 4.78 is 1.94. The number of hydrogen-bond donors (Lipinski definition) is 1. The van der Waals surface area contributed by atoms with Gasteiger partial charge in [0.2, 0.25) is 0 Å². The molecule has 2 aromatic heterocycles. The number of thiophene rings is 1. The van der Waals surface area contributed by atoms with Gasteiger partial charge >= 0.3 is 0 Å². The molecule has 1 aromatic carbocycles. The van der Waals surface area contributed by atoms with Gasteiger partial charge < -0.3 is 14.6 Å². The van der Waals surface area contributed by atoms with Crippen molar-refractivity contribution in [2.24, 2.45) is 0 Å². The molecule has 0 unspecified atom stereocenters. The number of imidazole rings is 1. The van der Waals surface area contributed by atoms with Crippen LogP contribution >= 0.6 is 11.3 Å². The van der Waals surface area contributed by atoms with E-state index in [1.165, 1.54) is 11.3 Å². The molecule has 0 aliphatic carbocycles. The summed E-state index contributed by atoms with van der Waals surface area (Å²) in [7, 11) is 0. The topological polar surface area (TPSA) is 75.4 Å². The van der Waals surface area contributed by atoms with E-state index in [4.69, 9.17) is 0 Å². The van der Waals surface area contributed by atoms with Gasteiger partial charge in [-0.15, -0.1) is 11.3 Å². The molecule has 0 saturated carbocycles. The molecule has 3 aromatic rings. The predicted molar refractivity (Wildman–Crippen MR) is 116 cm³/mol. The van der Waals surface area contributed by atoms with E-state index in [2.05, 4.69) is 4.98 Å². The Morgan fingerprint density at radius 3 is 2.73 bits per heavy atom. The lowest BCUT2D eigenvalue weighted by molar-refractivity contribution is -0.139. The van der Waals surface area contributed by atoms with Crippen molar-refractivity contribution < 1.29 is 14.7 Å². The van der Waals surface area contributed by atoms with Crippen molar-refractivity contribution >= 4 is 28.8 Å². The number of carbonyl (C=O) groups is 2. The highest BCUT2D eigenvalue weighted by Gasteiger charge is 2.46. The summed E-state index contributed by atoms with van der Waals surface area (Å²) in [4.78, 5) is 32.4. The van der Waals surface area contributed by atoms with Crippen LogP contribution in [0.2, 0.25) is 0 Å². The summed E-state index contributed by atoms with van der Waals surface area (Å²) in [6, 6.07) is 8.93. The number of likely N-dealkylation sites (tertiary alicyclic amines) is 1. The maximum Gasteiger partial charge on any atom is 0.295 e. The lowest BCUT2D eigenvalue weighted by atomic mass is 9.96. The molecular weight excluding hydrogens is 398 g/mol. The number of carbonyl (C=O) groups excluding carboxylic acids is 2. The van der Waals surface area contributed by atoms with Crippen molar-refractivity contribution in [2.45, 2.75) is 32.9 Å². The van der Waals surface area contributed by atoms with Gasteiger partial charge in [-0.2, -0.15) is 0 Å². The molecule has 1 fully saturated rings. The monoisotopic (exact) mass is 421 g/mol. The van der Waals surface area contributed by atoms with Crippen molar-refractivity contribution in [3.8, 4) is 0 Å². The van der Waals surface area contributed by atoms with E-state index in [9.17, 15) is 14.7 Å². The van der Waals surface area contributed by atoms with Crippen LogP contribution in [0.5, 0.6) is 0 Å². The SMILES string of the molecule is Cc1ccc(C)c(C(O)=C2C(=O)C(=O)N(CCCn3ccnc3)[C@@H]2c2cccs2)c1. The molecule has 1 atom stereocenters. The zero-order valence-corrected chi connectivity index (χ0v) is 17.7. The summed E-state index contributed by atoms with van der Waals surface area (Å²) >= 11 is 1.48. The summed E-state index contributed by atoms with van der Waals surface area (Å²) in [5.41, 5.74) is 2.59. The molecule has 7 heteroatoms. The number of hydrogen-bond acceptors (Lipinski definition) is 5. The molecule has 0 bridgehead atoms. The Kier molecular flexibility index (Phi) is 5.55. The van der Waals surface area contributed by atoms with Gasteiger partial charge in [0.15, 0.2) is 0 Å². The van der Waals surface area contributed by atoms with Gasteiger partial charge in [-0.3, -0.25) is 9.59 Å². The zero-order chi connectivity index (χ0) is 21.3. The van der Waals surface area contributed by atoms with Crippen LogP contribution in [0.25, 0.3) is 5.76 Å². The van der Waals surface area contributed by atoms with Crippen LogP contribution in [0.4, 0.5) is 0 Å². The third-order valence-electron chi connectivity index (χ3n) is 5.38.